The van der Waals surface area contributed by atoms with Gasteiger partial charge in [0.15, 0.2) is 0 Å². The van der Waals surface area contributed by atoms with Gasteiger partial charge in [-0.05, 0) is 33.2 Å². The van der Waals surface area contributed by atoms with Crippen LogP contribution in [0.15, 0.2) is 0 Å². The van der Waals surface area contributed by atoms with E-state index < -0.39 is 10.0 Å². The Morgan fingerprint density at radius 1 is 1.40 bits per heavy atom. The van der Waals surface area contributed by atoms with Crippen LogP contribution in [0.25, 0.3) is 0 Å². The summed E-state index contributed by atoms with van der Waals surface area (Å²) in [7, 11) is -3.04. The van der Waals surface area contributed by atoms with Gasteiger partial charge in [0, 0.05) is 12.6 Å². The molecule has 0 saturated carbocycles. The first kappa shape index (κ1) is 11.4. The Labute approximate surface area is 92.3 Å². The molecule has 3 aliphatic rings. The summed E-state index contributed by atoms with van der Waals surface area (Å²) in [5.41, 5.74) is 0. The van der Waals surface area contributed by atoms with Gasteiger partial charge in [-0.1, -0.05) is 6.92 Å². The van der Waals surface area contributed by atoms with E-state index in [1.54, 1.807) is 18.2 Å². The molecule has 3 heterocycles. The van der Waals surface area contributed by atoms with Gasteiger partial charge in [0.25, 0.3) is 0 Å². The molecular weight excluding hydrogens is 212 g/mol. The van der Waals surface area contributed by atoms with Crippen LogP contribution in [-0.2, 0) is 10.0 Å². The maximum absolute atomic E-state index is 12.0. The predicted octanol–water partition coefficient (Wildman–Crippen LogP) is 0.851. The number of hydrogen-bond donors (Lipinski definition) is 0. The first-order valence-electron chi connectivity index (χ1n) is 5.75. The number of hydrogen-bond acceptors (Lipinski definition) is 3. The van der Waals surface area contributed by atoms with Crippen LogP contribution in [0.4, 0.5) is 0 Å². The number of fused-ring (bicyclic) bond motifs is 1. The summed E-state index contributed by atoms with van der Waals surface area (Å²) in [6, 6.07) is 0.489. The van der Waals surface area contributed by atoms with E-state index in [2.05, 4.69) is 11.8 Å². The van der Waals surface area contributed by atoms with Crippen molar-refractivity contribution >= 4 is 10.0 Å². The lowest BCUT2D eigenvalue weighted by atomic mass is 10.1. The Hall–Kier alpha value is -0.130. The molecule has 3 rings (SSSR count). The molecule has 0 spiro atoms. The molecule has 0 amide bonds. The molecule has 0 aliphatic carbocycles. The summed E-state index contributed by atoms with van der Waals surface area (Å²) in [6.07, 6.45) is 2.30. The molecule has 0 radical (unpaired) electrons. The van der Waals surface area contributed by atoms with Crippen LogP contribution < -0.4 is 0 Å². The lowest BCUT2D eigenvalue weighted by Crippen LogP contribution is -2.53. The molecule has 2 unspecified atom stereocenters. The minimum atomic E-state index is -3.04. The van der Waals surface area contributed by atoms with Crippen molar-refractivity contribution < 1.29 is 8.42 Å². The normalized spacial score (nSPS) is 32.3. The number of nitrogens with zero attached hydrogens (tertiary/aromatic N) is 2. The van der Waals surface area contributed by atoms with Crippen molar-refractivity contribution in [3.8, 4) is 0 Å². The van der Waals surface area contributed by atoms with Crippen molar-refractivity contribution in [3.05, 3.63) is 0 Å². The highest BCUT2D eigenvalue weighted by atomic mass is 32.2. The van der Waals surface area contributed by atoms with Gasteiger partial charge in [-0.15, -0.1) is 0 Å². The molecule has 2 bridgehead atoms. The molecule has 3 fully saturated rings. The van der Waals surface area contributed by atoms with Gasteiger partial charge in [0.2, 0.25) is 10.0 Å². The van der Waals surface area contributed by atoms with E-state index in [1.807, 2.05) is 0 Å². The molecule has 3 aliphatic heterocycles. The van der Waals surface area contributed by atoms with Crippen molar-refractivity contribution in [3.63, 3.8) is 0 Å². The van der Waals surface area contributed by atoms with Crippen molar-refractivity contribution in [2.45, 2.75) is 51.1 Å². The van der Waals surface area contributed by atoms with Gasteiger partial charge < -0.3 is 0 Å². The zero-order valence-electron chi connectivity index (χ0n) is 9.68. The van der Waals surface area contributed by atoms with E-state index in [4.69, 9.17) is 0 Å². The van der Waals surface area contributed by atoms with Crippen LogP contribution in [0.2, 0.25) is 0 Å². The molecule has 0 aromatic carbocycles. The summed E-state index contributed by atoms with van der Waals surface area (Å²) < 4.78 is 25.7. The highest BCUT2D eigenvalue weighted by Crippen LogP contribution is 2.39. The number of rotatable bonds is 4. The average Bonchev–Trinajstić information content (AvgIpc) is 2.71. The second-order valence-corrected chi connectivity index (χ2v) is 7.21. The van der Waals surface area contributed by atoms with Gasteiger partial charge in [0.1, 0.15) is 0 Å². The Kier molecular flexibility index (Phi) is 2.81. The van der Waals surface area contributed by atoms with Crippen molar-refractivity contribution in [1.29, 1.82) is 0 Å². The summed E-state index contributed by atoms with van der Waals surface area (Å²) >= 11 is 0. The highest BCUT2D eigenvalue weighted by Gasteiger charge is 2.54. The third-order valence-corrected chi connectivity index (χ3v) is 5.70. The molecular formula is C10H20N2O2S. The van der Waals surface area contributed by atoms with Gasteiger partial charge in [0.05, 0.1) is 11.4 Å². The van der Waals surface area contributed by atoms with E-state index in [1.165, 1.54) is 0 Å². The third-order valence-electron chi connectivity index (χ3n) is 3.46. The van der Waals surface area contributed by atoms with Gasteiger partial charge in [-0.25, -0.2) is 8.42 Å². The fourth-order valence-corrected chi connectivity index (χ4v) is 4.01. The van der Waals surface area contributed by atoms with Crippen LogP contribution in [0.5, 0.6) is 0 Å². The summed E-state index contributed by atoms with van der Waals surface area (Å²) in [5, 5.41) is -0.291. The fourth-order valence-electron chi connectivity index (χ4n) is 2.55. The third kappa shape index (κ3) is 1.61. The number of sulfonamides is 1. The second-order valence-electron chi connectivity index (χ2n) is 4.77. The van der Waals surface area contributed by atoms with Crippen molar-refractivity contribution in [2.75, 3.05) is 13.1 Å². The Bertz CT molecular complexity index is 339. The Morgan fingerprint density at radius 2 is 2.07 bits per heavy atom. The van der Waals surface area contributed by atoms with Gasteiger partial charge in [-0.3, -0.25) is 4.90 Å². The van der Waals surface area contributed by atoms with E-state index in [0.29, 0.717) is 12.6 Å². The van der Waals surface area contributed by atoms with E-state index in [-0.39, 0.29) is 11.4 Å². The Balaban J connectivity index is 2.10. The van der Waals surface area contributed by atoms with Gasteiger partial charge >= 0.3 is 0 Å². The zero-order chi connectivity index (χ0) is 11.2. The Morgan fingerprint density at radius 3 is 2.60 bits per heavy atom. The van der Waals surface area contributed by atoms with E-state index in [9.17, 15) is 8.42 Å². The van der Waals surface area contributed by atoms with Gasteiger partial charge in [-0.2, -0.15) is 4.31 Å². The first-order chi connectivity index (χ1) is 6.98. The molecule has 4 nitrogen and oxygen atoms in total. The van der Waals surface area contributed by atoms with Crippen LogP contribution >= 0.6 is 0 Å². The largest absolute Gasteiger partial charge is 0.283 e. The molecule has 0 aromatic heterocycles. The van der Waals surface area contributed by atoms with E-state index >= 15 is 0 Å². The SMILES string of the molecule is CCCN1C2CC1N(S(=O)(=O)C(C)C)C2. The minimum Gasteiger partial charge on any atom is -0.283 e. The average molecular weight is 232 g/mol. The second kappa shape index (κ2) is 3.71. The summed E-state index contributed by atoms with van der Waals surface area (Å²) in [6.45, 7) is 7.40. The maximum Gasteiger partial charge on any atom is 0.217 e. The molecule has 2 atom stereocenters. The summed E-state index contributed by atoms with van der Waals surface area (Å²) in [4.78, 5) is 2.32. The van der Waals surface area contributed by atoms with Crippen molar-refractivity contribution in [2.24, 2.45) is 0 Å². The topological polar surface area (TPSA) is 40.6 Å². The van der Waals surface area contributed by atoms with Crippen LogP contribution in [-0.4, -0.2) is 48.2 Å². The summed E-state index contributed by atoms with van der Waals surface area (Å²) in [5.74, 6) is 0. The quantitative estimate of drug-likeness (QED) is 0.721. The lowest BCUT2D eigenvalue weighted by Gasteiger charge is -2.40. The highest BCUT2D eigenvalue weighted by molar-refractivity contribution is 7.89. The molecule has 0 N–H and O–H groups in total. The smallest absolute Gasteiger partial charge is 0.217 e. The first-order valence-corrected chi connectivity index (χ1v) is 7.25. The van der Waals surface area contributed by atoms with Crippen LogP contribution in [0.3, 0.4) is 0 Å². The van der Waals surface area contributed by atoms with Crippen LogP contribution in [0.1, 0.15) is 33.6 Å². The molecule has 88 valence electrons. The monoisotopic (exact) mass is 232 g/mol. The van der Waals surface area contributed by atoms with Crippen LogP contribution in [0, 0.1) is 0 Å². The van der Waals surface area contributed by atoms with Crippen molar-refractivity contribution in [1.82, 2.24) is 9.21 Å². The lowest BCUT2D eigenvalue weighted by molar-refractivity contribution is 0.0543. The predicted molar refractivity (Wildman–Crippen MR) is 60.0 cm³/mol. The fraction of sp³-hybridized carbons (Fsp3) is 1.00. The molecule has 15 heavy (non-hydrogen) atoms. The maximum atomic E-state index is 12.0. The standard InChI is InChI=1S/C10H20N2O2S/c1-4-5-11-9-6-10(11)12(7-9)15(13,14)8(2)3/h8-10H,4-7H2,1-3H3. The molecule has 0 aromatic rings. The minimum absolute atomic E-state index is 0.169. The molecule has 3 saturated heterocycles. The van der Waals surface area contributed by atoms with E-state index in [0.717, 1.165) is 19.4 Å². The zero-order valence-corrected chi connectivity index (χ0v) is 10.5. The molecule has 5 heteroatoms.